The minimum Gasteiger partial charge on any atom is -0.480 e. The summed E-state index contributed by atoms with van der Waals surface area (Å²) in [4.78, 5) is 12.9. The second kappa shape index (κ2) is 7.07. The van der Waals surface area contributed by atoms with Crippen molar-refractivity contribution in [2.75, 3.05) is 39.5 Å². The molecule has 0 aromatic heterocycles. The number of hydrogen-bond acceptors (Lipinski definition) is 4. The fraction of sp³-hybridized carbons (Fsp3) is 0.923. The lowest BCUT2D eigenvalue weighted by molar-refractivity contribution is -0.145. The molecule has 2 saturated heterocycles. The predicted molar refractivity (Wildman–Crippen MR) is 66.6 cm³/mol. The largest absolute Gasteiger partial charge is 0.480 e. The monoisotopic (exact) mass is 257 g/mol. The number of piperidine rings is 1. The van der Waals surface area contributed by atoms with Crippen molar-refractivity contribution >= 4 is 5.97 Å². The van der Waals surface area contributed by atoms with Crippen molar-refractivity contribution in [1.82, 2.24) is 4.90 Å². The minimum atomic E-state index is -0.878. The van der Waals surface area contributed by atoms with Crippen molar-refractivity contribution in [3.05, 3.63) is 0 Å². The summed E-state index contributed by atoms with van der Waals surface area (Å²) in [6.45, 7) is 4.80. The predicted octanol–water partition coefficient (Wildman–Crippen LogP) is 0.979. The molecule has 2 heterocycles. The van der Waals surface area contributed by atoms with E-state index < -0.39 is 5.97 Å². The van der Waals surface area contributed by atoms with Crippen LogP contribution in [0.1, 0.15) is 25.7 Å². The lowest BCUT2D eigenvalue weighted by atomic mass is 9.99. The molecular weight excluding hydrogens is 234 g/mol. The maximum Gasteiger partial charge on any atom is 0.329 e. The van der Waals surface area contributed by atoms with Crippen molar-refractivity contribution < 1.29 is 19.4 Å². The van der Waals surface area contributed by atoms with Crippen LogP contribution in [0, 0.1) is 5.92 Å². The fourth-order valence-electron chi connectivity index (χ4n) is 2.76. The van der Waals surface area contributed by atoms with E-state index in [1.54, 1.807) is 0 Å². The first-order valence-electron chi connectivity index (χ1n) is 6.87. The van der Waals surface area contributed by atoms with Crippen LogP contribution in [0.4, 0.5) is 0 Å². The van der Waals surface area contributed by atoms with Gasteiger partial charge in [0.1, 0.15) is 6.61 Å². The van der Waals surface area contributed by atoms with Gasteiger partial charge >= 0.3 is 5.97 Å². The topological polar surface area (TPSA) is 59.0 Å². The van der Waals surface area contributed by atoms with Crippen LogP contribution in [0.3, 0.4) is 0 Å². The summed E-state index contributed by atoms with van der Waals surface area (Å²) >= 11 is 0. The minimum absolute atomic E-state index is 0.125. The Balaban J connectivity index is 1.62. The molecule has 1 unspecified atom stereocenters. The molecule has 2 rings (SSSR count). The van der Waals surface area contributed by atoms with Gasteiger partial charge in [0, 0.05) is 26.2 Å². The summed E-state index contributed by atoms with van der Waals surface area (Å²) in [6, 6.07) is 0. The molecule has 0 spiro atoms. The second-order valence-electron chi connectivity index (χ2n) is 5.29. The van der Waals surface area contributed by atoms with Crippen molar-refractivity contribution in [1.29, 1.82) is 0 Å². The van der Waals surface area contributed by atoms with Gasteiger partial charge in [-0.2, -0.15) is 0 Å². The number of nitrogens with zero attached hydrogens (tertiary/aromatic N) is 1. The first-order chi connectivity index (χ1) is 8.74. The number of hydrogen-bond donors (Lipinski definition) is 1. The van der Waals surface area contributed by atoms with Crippen LogP contribution in [-0.4, -0.2) is 61.5 Å². The average Bonchev–Trinajstić information content (AvgIpc) is 2.39. The van der Waals surface area contributed by atoms with E-state index >= 15 is 0 Å². The maximum atomic E-state index is 10.4. The highest BCUT2D eigenvalue weighted by Crippen LogP contribution is 2.19. The molecule has 5 heteroatoms. The Bertz CT molecular complexity index is 258. The number of carbonyl (C=O) groups is 1. The van der Waals surface area contributed by atoms with Gasteiger partial charge in [0.05, 0.1) is 12.7 Å². The van der Waals surface area contributed by atoms with Gasteiger partial charge in [-0.05, 0) is 31.6 Å². The van der Waals surface area contributed by atoms with Crippen LogP contribution in [0.25, 0.3) is 0 Å². The lowest BCUT2D eigenvalue weighted by Gasteiger charge is -2.35. The van der Waals surface area contributed by atoms with Gasteiger partial charge in [-0.1, -0.05) is 0 Å². The Morgan fingerprint density at radius 3 is 2.72 bits per heavy atom. The Morgan fingerprint density at radius 2 is 2.11 bits per heavy atom. The Hall–Kier alpha value is -0.650. The second-order valence-corrected chi connectivity index (χ2v) is 5.29. The Labute approximate surface area is 108 Å². The van der Waals surface area contributed by atoms with Crippen LogP contribution < -0.4 is 0 Å². The molecule has 104 valence electrons. The zero-order chi connectivity index (χ0) is 12.8. The third kappa shape index (κ3) is 4.55. The van der Waals surface area contributed by atoms with Gasteiger partial charge in [-0.25, -0.2) is 4.79 Å². The summed E-state index contributed by atoms with van der Waals surface area (Å²) in [5, 5.41) is 8.56. The molecule has 0 saturated carbocycles. The molecule has 0 amide bonds. The summed E-state index contributed by atoms with van der Waals surface area (Å²) in [5.74, 6) is -0.202. The molecule has 0 aromatic carbocycles. The number of carboxylic acid groups (broad SMARTS) is 1. The van der Waals surface area contributed by atoms with Gasteiger partial charge in [0.2, 0.25) is 0 Å². The van der Waals surface area contributed by atoms with Gasteiger partial charge in [-0.3, -0.25) is 0 Å². The van der Waals surface area contributed by atoms with Gasteiger partial charge in [0.25, 0.3) is 0 Å². The quantitative estimate of drug-likeness (QED) is 0.795. The van der Waals surface area contributed by atoms with E-state index in [0.717, 1.165) is 45.7 Å². The standard InChI is InChI=1S/C13H23NO4/c15-13(16)10-18-12-3-5-14(6-4-12)8-11-2-1-7-17-9-11/h11-12H,1-10H2,(H,15,16). The zero-order valence-electron chi connectivity index (χ0n) is 10.8. The smallest absolute Gasteiger partial charge is 0.329 e. The average molecular weight is 257 g/mol. The summed E-state index contributed by atoms with van der Waals surface area (Å²) in [7, 11) is 0. The first kappa shape index (κ1) is 13.8. The number of rotatable bonds is 5. The Kier molecular flexibility index (Phi) is 5.41. The lowest BCUT2D eigenvalue weighted by Crippen LogP contribution is -2.41. The van der Waals surface area contributed by atoms with Gasteiger partial charge in [-0.15, -0.1) is 0 Å². The number of ether oxygens (including phenoxy) is 2. The third-order valence-corrected chi connectivity index (χ3v) is 3.75. The van der Waals surface area contributed by atoms with E-state index in [1.165, 1.54) is 12.8 Å². The van der Waals surface area contributed by atoms with E-state index in [-0.39, 0.29) is 12.7 Å². The van der Waals surface area contributed by atoms with Crippen LogP contribution in [0.5, 0.6) is 0 Å². The molecule has 0 aliphatic carbocycles. The van der Waals surface area contributed by atoms with E-state index in [4.69, 9.17) is 14.6 Å². The van der Waals surface area contributed by atoms with Crippen molar-refractivity contribution in [3.8, 4) is 0 Å². The summed E-state index contributed by atoms with van der Waals surface area (Å²) in [6.07, 6.45) is 4.47. The fourth-order valence-corrected chi connectivity index (χ4v) is 2.76. The summed E-state index contributed by atoms with van der Waals surface area (Å²) in [5.41, 5.74) is 0. The highest BCUT2D eigenvalue weighted by Gasteiger charge is 2.23. The van der Waals surface area contributed by atoms with Crippen LogP contribution in [0.15, 0.2) is 0 Å². The number of likely N-dealkylation sites (tertiary alicyclic amines) is 1. The normalized spacial score (nSPS) is 27.2. The highest BCUT2D eigenvalue weighted by molar-refractivity contribution is 5.68. The molecule has 2 aliphatic rings. The van der Waals surface area contributed by atoms with E-state index in [9.17, 15) is 4.79 Å². The van der Waals surface area contributed by atoms with Crippen molar-refractivity contribution in [3.63, 3.8) is 0 Å². The molecular formula is C13H23NO4. The first-order valence-corrected chi connectivity index (χ1v) is 6.87. The third-order valence-electron chi connectivity index (χ3n) is 3.75. The van der Waals surface area contributed by atoms with Gasteiger partial charge in [0.15, 0.2) is 0 Å². The maximum absolute atomic E-state index is 10.4. The van der Waals surface area contributed by atoms with E-state index in [1.807, 2.05) is 0 Å². The van der Waals surface area contributed by atoms with E-state index in [0.29, 0.717) is 5.92 Å². The van der Waals surface area contributed by atoms with Crippen molar-refractivity contribution in [2.24, 2.45) is 5.92 Å². The molecule has 1 atom stereocenters. The molecule has 0 bridgehead atoms. The number of carboxylic acids is 1. The molecule has 0 aromatic rings. The van der Waals surface area contributed by atoms with Crippen LogP contribution >= 0.6 is 0 Å². The Morgan fingerprint density at radius 1 is 1.33 bits per heavy atom. The van der Waals surface area contributed by atoms with E-state index in [2.05, 4.69) is 4.90 Å². The van der Waals surface area contributed by atoms with Crippen molar-refractivity contribution in [2.45, 2.75) is 31.8 Å². The SMILES string of the molecule is O=C(O)COC1CCN(CC2CCCOC2)CC1. The molecule has 18 heavy (non-hydrogen) atoms. The zero-order valence-corrected chi connectivity index (χ0v) is 10.8. The molecule has 5 nitrogen and oxygen atoms in total. The number of aliphatic carboxylic acids is 1. The molecule has 0 radical (unpaired) electrons. The highest BCUT2D eigenvalue weighted by atomic mass is 16.5. The molecule has 2 fully saturated rings. The van der Waals surface area contributed by atoms with Crippen LogP contribution in [0.2, 0.25) is 0 Å². The van der Waals surface area contributed by atoms with Crippen LogP contribution in [-0.2, 0) is 14.3 Å². The molecule has 1 N–H and O–H groups in total. The summed E-state index contributed by atoms with van der Waals surface area (Å²) < 4.78 is 10.8. The van der Waals surface area contributed by atoms with Gasteiger partial charge < -0.3 is 19.5 Å². The molecule has 2 aliphatic heterocycles.